The molecule has 2 amide bonds. The number of hydrogen-bond donors (Lipinski definition) is 4. The Kier molecular flexibility index (Phi) is 25.5. The fourth-order valence-electron chi connectivity index (χ4n) is 6.14. The average Bonchev–Trinajstić information content (AvgIpc) is 3.88. The Morgan fingerprint density at radius 3 is 1.32 bits per heavy atom. The summed E-state index contributed by atoms with van der Waals surface area (Å²) in [7, 11) is -6.82. The summed E-state index contributed by atoms with van der Waals surface area (Å²) in [5.41, 5.74) is 9.77. The first kappa shape index (κ1) is 64.0. The molecule has 27 heteroatoms. The van der Waals surface area contributed by atoms with Crippen molar-refractivity contribution in [3.05, 3.63) is 126 Å². The number of carboxylic acids is 1. The molecular weight excluding hydrogens is 1090 g/mol. The molecule has 6 N–H and O–H groups in total. The third kappa shape index (κ3) is 16.7. The molecule has 17 nitrogen and oxygen atoms in total. The van der Waals surface area contributed by atoms with Gasteiger partial charge in [0.2, 0.25) is 11.8 Å². The monoisotopic (exact) mass is 1140 g/mol. The Morgan fingerprint density at radius 1 is 0.616 bits per heavy atom. The Bertz CT molecular complexity index is 2950. The van der Waals surface area contributed by atoms with Crippen LogP contribution in [-0.2, 0) is 45.2 Å². The van der Waals surface area contributed by atoms with Crippen molar-refractivity contribution in [2.24, 2.45) is 11.5 Å². The molecule has 0 atom stereocenters. The quantitative estimate of drug-likeness (QED) is 0.0297. The number of hydrogen-bond acceptors (Lipinski definition) is 16. The number of ether oxygens (including phenoxy) is 3. The Balaban J connectivity index is 0.000000422. The first-order valence-electron chi connectivity index (χ1n) is 20.6. The molecule has 0 aliphatic carbocycles. The number of esters is 1. The molecule has 73 heavy (non-hydrogen) atoms. The third-order valence-corrected chi connectivity index (χ3v) is 15.4. The standard InChI is InChI=1S/C22H21ClF2NO7PS.C17H10ClF2NO4S.C5H13O4P.2CH4/c1-3-32-34(29,33-4-2)11-31-22(28)20-13(18-14(23)6-5-7-17(18)35-20)10-30-19-15(24)8-12(21(26)27)9-16(19)25;18-9-2-1-3-12-13(9)8(15(26-12)17(23)24)6-25-14-10(19)4-7(16(21)22)5-11(14)20;1-3-8-10(7,5-6)9-4-2;;/h5-9H,3-4,10-11H2,1-2H3,(H2,26,27);1-5H,6H2,(H2,21,22)(H,23,24);6H,3-5H2,1-2H3;2*1H4. The van der Waals surface area contributed by atoms with Gasteiger partial charge in [-0.25, -0.2) is 27.2 Å². The maximum atomic E-state index is 14.4. The fraction of sp³-hybridized carbons (Fsp3) is 0.304. The molecule has 2 heterocycles. The Morgan fingerprint density at radius 2 is 0.973 bits per heavy atom. The normalized spacial score (nSPS) is 11.1. The lowest BCUT2D eigenvalue weighted by Crippen LogP contribution is -2.13. The van der Waals surface area contributed by atoms with Gasteiger partial charge < -0.3 is 54.0 Å². The number of aliphatic hydroxyl groups is 1. The summed E-state index contributed by atoms with van der Waals surface area (Å²) in [6, 6.07) is 12.9. The van der Waals surface area contributed by atoms with Crippen LogP contribution in [-0.4, -0.2) is 73.1 Å². The van der Waals surface area contributed by atoms with Crippen LogP contribution in [0.4, 0.5) is 17.6 Å². The number of fused-ring (bicyclic) bond motifs is 2. The van der Waals surface area contributed by atoms with E-state index in [1.807, 2.05) is 0 Å². The number of aliphatic hydroxyl groups excluding tert-OH is 1. The molecule has 400 valence electrons. The first-order chi connectivity index (χ1) is 33.6. The molecule has 0 unspecified atom stereocenters. The highest BCUT2D eigenvalue weighted by atomic mass is 35.5. The van der Waals surface area contributed by atoms with E-state index in [4.69, 9.17) is 72.1 Å². The van der Waals surface area contributed by atoms with Crippen molar-refractivity contribution in [1.29, 1.82) is 0 Å². The van der Waals surface area contributed by atoms with Crippen LogP contribution in [0.1, 0.15) is 93.7 Å². The van der Waals surface area contributed by atoms with Gasteiger partial charge in [-0.05, 0) is 76.2 Å². The van der Waals surface area contributed by atoms with Gasteiger partial charge in [-0.1, -0.05) is 50.2 Å². The number of thiophene rings is 2. The van der Waals surface area contributed by atoms with E-state index in [2.05, 4.69) is 0 Å². The minimum atomic E-state index is -3.67. The second-order valence-electron chi connectivity index (χ2n) is 13.8. The molecule has 0 aliphatic rings. The summed E-state index contributed by atoms with van der Waals surface area (Å²) in [6.45, 7) is 6.48. The van der Waals surface area contributed by atoms with Gasteiger partial charge in [-0.15, -0.1) is 22.7 Å². The van der Waals surface area contributed by atoms with E-state index < -0.39 is 99.6 Å². The molecule has 0 spiro atoms. The molecule has 0 aliphatic heterocycles. The smallest absolute Gasteiger partial charge is 0.367 e. The molecule has 2 aromatic heterocycles. The molecule has 0 saturated heterocycles. The van der Waals surface area contributed by atoms with Gasteiger partial charge in [-0.2, -0.15) is 0 Å². The second kappa shape index (κ2) is 29.1. The lowest BCUT2D eigenvalue weighted by Gasteiger charge is -2.16. The first-order valence-corrected chi connectivity index (χ1v) is 26.4. The highest BCUT2D eigenvalue weighted by Crippen LogP contribution is 2.49. The lowest BCUT2D eigenvalue weighted by atomic mass is 10.1. The SMILES string of the molecule is C.C.CCOP(=O)(CO)OCC.CCOP(=O)(COC(=O)c1sc2cccc(Cl)c2c1COc1c(F)cc(C(N)=O)cc1F)OCC.NC(=O)c1cc(F)c(OCc2c(C(=O)O)sc3cccc(Cl)c23)c(F)c1. The largest absolute Gasteiger partial charge is 0.483 e. The topological polar surface area (TPSA) is 260 Å². The summed E-state index contributed by atoms with van der Waals surface area (Å²) in [5, 5.41) is 19.4. The summed E-state index contributed by atoms with van der Waals surface area (Å²) >= 11 is 14.5. The number of amides is 2. The van der Waals surface area contributed by atoms with E-state index in [1.54, 1.807) is 64.1 Å². The fourth-order valence-corrected chi connectivity index (χ4v) is 11.3. The minimum Gasteiger partial charge on any atom is -0.483 e. The van der Waals surface area contributed by atoms with Gasteiger partial charge in [0.25, 0.3) is 0 Å². The van der Waals surface area contributed by atoms with Crippen LogP contribution < -0.4 is 20.9 Å². The second-order valence-corrected chi connectivity index (χ2v) is 20.7. The number of carbonyl (C=O) groups excluding carboxylic acids is 3. The molecule has 0 fully saturated rings. The molecule has 4 aromatic carbocycles. The van der Waals surface area contributed by atoms with Crippen molar-refractivity contribution < 1.29 is 88.4 Å². The molecule has 0 radical (unpaired) electrons. The number of nitrogens with two attached hydrogens (primary N) is 2. The van der Waals surface area contributed by atoms with E-state index in [-0.39, 0.29) is 78.3 Å². The molecule has 0 saturated carbocycles. The number of rotatable bonds is 21. The summed E-state index contributed by atoms with van der Waals surface area (Å²) in [6.07, 6.45) is -1.18. The lowest BCUT2D eigenvalue weighted by molar-refractivity contribution is 0.0534. The van der Waals surface area contributed by atoms with Crippen LogP contribution in [0, 0.1) is 23.3 Å². The Labute approximate surface area is 435 Å². The predicted molar refractivity (Wildman–Crippen MR) is 272 cm³/mol. The maximum Gasteiger partial charge on any atom is 0.367 e. The van der Waals surface area contributed by atoms with Crippen molar-refractivity contribution in [2.45, 2.75) is 55.8 Å². The van der Waals surface area contributed by atoms with Crippen molar-refractivity contribution in [3.63, 3.8) is 0 Å². The van der Waals surface area contributed by atoms with Gasteiger partial charge in [0.15, 0.2) is 41.1 Å². The van der Waals surface area contributed by atoms with Crippen molar-refractivity contribution in [2.75, 3.05) is 39.1 Å². The third-order valence-electron chi connectivity index (χ3n) is 9.02. The van der Waals surface area contributed by atoms with E-state index in [1.165, 1.54) is 0 Å². The minimum absolute atomic E-state index is 0. The van der Waals surface area contributed by atoms with Crippen LogP contribution in [0.3, 0.4) is 0 Å². The molecule has 6 rings (SSSR count). The van der Waals surface area contributed by atoms with Crippen molar-refractivity contribution >= 4 is 105 Å². The molecular formula is C46H52Cl2F4N2O15P2S2. The highest BCUT2D eigenvalue weighted by molar-refractivity contribution is 7.53. The number of benzene rings is 4. The number of carbonyl (C=O) groups is 4. The number of primary amides is 2. The average molecular weight is 1150 g/mol. The number of aromatic carboxylic acids is 1. The van der Waals surface area contributed by atoms with E-state index in [0.717, 1.165) is 46.9 Å². The van der Waals surface area contributed by atoms with E-state index in [0.29, 0.717) is 25.2 Å². The van der Waals surface area contributed by atoms with Crippen LogP contribution in [0.2, 0.25) is 10.0 Å². The van der Waals surface area contributed by atoms with E-state index >= 15 is 0 Å². The van der Waals surface area contributed by atoms with Gasteiger partial charge in [-0.3, -0.25) is 18.7 Å². The molecule has 6 aromatic rings. The maximum absolute atomic E-state index is 14.4. The van der Waals surface area contributed by atoms with Crippen LogP contribution in [0.5, 0.6) is 11.5 Å². The molecule has 0 bridgehead atoms. The van der Waals surface area contributed by atoms with Gasteiger partial charge in [0.1, 0.15) is 29.3 Å². The van der Waals surface area contributed by atoms with Gasteiger partial charge >= 0.3 is 27.1 Å². The van der Waals surface area contributed by atoms with Crippen molar-refractivity contribution in [3.8, 4) is 11.5 Å². The van der Waals surface area contributed by atoms with Crippen LogP contribution in [0.15, 0.2) is 60.7 Å². The predicted octanol–water partition coefficient (Wildman–Crippen LogP) is 12.6. The van der Waals surface area contributed by atoms with Gasteiger partial charge in [0, 0.05) is 52.5 Å². The Hall–Kier alpha value is -5.16. The van der Waals surface area contributed by atoms with Crippen LogP contribution in [0.25, 0.3) is 20.2 Å². The zero-order chi connectivity index (χ0) is 52.8. The summed E-state index contributed by atoms with van der Waals surface area (Å²) in [4.78, 5) is 46.7. The van der Waals surface area contributed by atoms with Crippen LogP contribution >= 0.6 is 61.1 Å². The summed E-state index contributed by atoms with van der Waals surface area (Å²) in [5.74, 6) is -10.1. The summed E-state index contributed by atoms with van der Waals surface area (Å²) < 4.78 is 117. The highest BCUT2D eigenvalue weighted by Gasteiger charge is 2.30. The zero-order valence-electron chi connectivity index (χ0n) is 37.8. The number of halogens is 6. The number of carboxylic acid groups (broad SMARTS) is 1. The van der Waals surface area contributed by atoms with Crippen molar-refractivity contribution in [1.82, 2.24) is 0 Å². The zero-order valence-corrected chi connectivity index (χ0v) is 42.7. The van der Waals surface area contributed by atoms with E-state index in [9.17, 15) is 51.0 Å². The van der Waals surface area contributed by atoms with Gasteiger partial charge in [0.05, 0.1) is 26.4 Å².